The molecule has 2 aromatic carbocycles. The highest BCUT2D eigenvalue weighted by Gasteiger charge is 2.24. The van der Waals surface area contributed by atoms with Crippen molar-refractivity contribution in [3.05, 3.63) is 82.8 Å². The van der Waals surface area contributed by atoms with Crippen LogP contribution in [0.3, 0.4) is 0 Å². The summed E-state index contributed by atoms with van der Waals surface area (Å²) >= 11 is 1.26. The van der Waals surface area contributed by atoms with Crippen molar-refractivity contribution in [3.8, 4) is 11.4 Å². The van der Waals surface area contributed by atoms with E-state index in [1.807, 2.05) is 49.5 Å². The number of amides is 1. The number of hydrogen-bond acceptors (Lipinski definition) is 4. The molecule has 1 saturated heterocycles. The van der Waals surface area contributed by atoms with Crippen LogP contribution >= 0.6 is 11.8 Å². The van der Waals surface area contributed by atoms with E-state index in [0.717, 1.165) is 22.7 Å². The molecule has 4 rings (SSSR count). The van der Waals surface area contributed by atoms with E-state index in [2.05, 4.69) is 14.9 Å². The fourth-order valence-electron chi connectivity index (χ4n) is 2.96. The zero-order valence-corrected chi connectivity index (χ0v) is 16.7. The van der Waals surface area contributed by atoms with Gasteiger partial charge in [0.2, 0.25) is 0 Å². The monoisotopic (exact) mass is 407 g/mol. The predicted molar refractivity (Wildman–Crippen MR) is 114 cm³/mol. The second-order valence-electron chi connectivity index (χ2n) is 6.44. The molecule has 7 heteroatoms. The standard InChI is InChI=1S/C22H18FN3O2S/c1-14-11-15(13-26(14)18-7-9-19(28-2)10-8-18)12-20-21(27)25-22(29-20)24-17-5-3-16(23)4-6-17/h3-13H,1-2H3,(H,24,25,27)/b20-12+. The Hall–Kier alpha value is -3.32. The molecule has 0 atom stereocenters. The number of carbonyl (C=O) groups is 1. The molecule has 1 aliphatic heterocycles. The van der Waals surface area contributed by atoms with E-state index in [1.54, 1.807) is 19.2 Å². The molecule has 1 aromatic heterocycles. The average molecular weight is 407 g/mol. The predicted octanol–water partition coefficient (Wildman–Crippen LogP) is 4.83. The number of hydrogen-bond donors (Lipinski definition) is 1. The topological polar surface area (TPSA) is 55.6 Å². The fourth-order valence-corrected chi connectivity index (χ4v) is 3.81. The fraction of sp³-hybridized carbons (Fsp3) is 0.0909. The van der Waals surface area contributed by atoms with Crippen LogP contribution < -0.4 is 10.1 Å². The Morgan fingerprint density at radius 1 is 1.14 bits per heavy atom. The Morgan fingerprint density at radius 3 is 2.55 bits per heavy atom. The summed E-state index contributed by atoms with van der Waals surface area (Å²) in [6.45, 7) is 2.01. The number of carbonyl (C=O) groups excluding carboxylic acids is 1. The molecular formula is C22H18FN3O2S. The molecule has 1 aliphatic rings. The first-order valence-corrected chi connectivity index (χ1v) is 9.72. The second-order valence-corrected chi connectivity index (χ2v) is 7.47. The van der Waals surface area contributed by atoms with Gasteiger partial charge in [0.15, 0.2) is 5.17 Å². The van der Waals surface area contributed by atoms with E-state index >= 15 is 0 Å². The van der Waals surface area contributed by atoms with Gasteiger partial charge in [0, 0.05) is 17.6 Å². The highest BCUT2D eigenvalue weighted by molar-refractivity contribution is 8.18. The van der Waals surface area contributed by atoms with E-state index in [-0.39, 0.29) is 11.7 Å². The van der Waals surface area contributed by atoms with Gasteiger partial charge < -0.3 is 14.6 Å². The smallest absolute Gasteiger partial charge is 0.264 e. The van der Waals surface area contributed by atoms with Crippen molar-refractivity contribution < 1.29 is 13.9 Å². The molecule has 2 heterocycles. The number of methoxy groups -OCH3 is 1. The van der Waals surface area contributed by atoms with Crippen LogP contribution in [0.1, 0.15) is 11.3 Å². The molecule has 0 bridgehead atoms. The SMILES string of the molecule is COc1ccc(-n2cc(/C=C3/SC(=Nc4ccc(F)cc4)NC3=O)cc2C)cc1. The van der Waals surface area contributed by atoms with Gasteiger partial charge in [-0.05, 0) is 84.9 Å². The van der Waals surface area contributed by atoms with Gasteiger partial charge >= 0.3 is 0 Å². The van der Waals surface area contributed by atoms with E-state index in [4.69, 9.17) is 4.74 Å². The highest BCUT2D eigenvalue weighted by Crippen LogP contribution is 2.29. The van der Waals surface area contributed by atoms with E-state index in [9.17, 15) is 9.18 Å². The number of halogens is 1. The summed E-state index contributed by atoms with van der Waals surface area (Å²) in [6.07, 6.45) is 3.81. The molecule has 1 fully saturated rings. The minimum absolute atomic E-state index is 0.203. The summed E-state index contributed by atoms with van der Waals surface area (Å²) < 4.78 is 20.3. The molecule has 146 valence electrons. The Kier molecular flexibility index (Phi) is 5.22. The summed E-state index contributed by atoms with van der Waals surface area (Å²) in [4.78, 5) is 17.2. The summed E-state index contributed by atoms with van der Waals surface area (Å²) in [6, 6.07) is 15.6. The number of nitrogens with zero attached hydrogens (tertiary/aromatic N) is 2. The summed E-state index contributed by atoms with van der Waals surface area (Å²) in [7, 11) is 1.64. The van der Waals surface area contributed by atoms with Crippen LogP contribution in [0.25, 0.3) is 11.8 Å². The Bertz CT molecular complexity index is 1120. The molecule has 5 nitrogen and oxygen atoms in total. The first-order chi connectivity index (χ1) is 14.0. The minimum atomic E-state index is -0.325. The normalized spacial score (nSPS) is 16.4. The Morgan fingerprint density at radius 2 is 1.86 bits per heavy atom. The van der Waals surface area contributed by atoms with E-state index in [1.165, 1.54) is 23.9 Å². The number of rotatable bonds is 4. The number of amidine groups is 1. The van der Waals surface area contributed by atoms with Crippen molar-refractivity contribution in [1.82, 2.24) is 9.88 Å². The first-order valence-electron chi connectivity index (χ1n) is 8.90. The van der Waals surface area contributed by atoms with E-state index < -0.39 is 0 Å². The number of thioether (sulfide) groups is 1. The largest absolute Gasteiger partial charge is 0.497 e. The van der Waals surface area contributed by atoms with Crippen LogP contribution in [0.4, 0.5) is 10.1 Å². The molecule has 3 aromatic rings. The van der Waals surface area contributed by atoms with Crippen molar-refractivity contribution in [1.29, 1.82) is 0 Å². The van der Waals surface area contributed by atoms with Crippen molar-refractivity contribution in [2.45, 2.75) is 6.92 Å². The molecular weight excluding hydrogens is 389 g/mol. The van der Waals surface area contributed by atoms with Gasteiger partial charge in [-0.2, -0.15) is 0 Å². The lowest BCUT2D eigenvalue weighted by Gasteiger charge is -2.06. The summed E-state index contributed by atoms with van der Waals surface area (Å²) in [5.41, 5.74) is 3.55. The second kappa shape index (κ2) is 7.97. The summed E-state index contributed by atoms with van der Waals surface area (Å²) in [5, 5.41) is 3.22. The molecule has 1 N–H and O–H groups in total. The number of ether oxygens (including phenoxy) is 1. The van der Waals surface area contributed by atoms with Gasteiger partial charge in [-0.1, -0.05) is 0 Å². The molecule has 0 unspecified atom stereocenters. The number of aliphatic imine (C=N–C) groups is 1. The third kappa shape index (κ3) is 4.25. The lowest BCUT2D eigenvalue weighted by atomic mass is 10.3. The molecule has 29 heavy (non-hydrogen) atoms. The molecule has 0 saturated carbocycles. The molecule has 0 radical (unpaired) electrons. The van der Waals surface area contributed by atoms with Crippen molar-refractivity contribution in [2.24, 2.45) is 4.99 Å². The Balaban J connectivity index is 1.56. The third-order valence-electron chi connectivity index (χ3n) is 4.39. The van der Waals surface area contributed by atoms with Gasteiger partial charge in [0.05, 0.1) is 17.7 Å². The highest BCUT2D eigenvalue weighted by atomic mass is 32.2. The van der Waals surface area contributed by atoms with Crippen LogP contribution in [-0.2, 0) is 4.79 Å². The quantitative estimate of drug-likeness (QED) is 0.631. The molecule has 0 spiro atoms. The van der Waals surface area contributed by atoms with Crippen LogP contribution in [0, 0.1) is 12.7 Å². The average Bonchev–Trinajstić information content (AvgIpc) is 3.25. The maximum absolute atomic E-state index is 13.0. The summed E-state index contributed by atoms with van der Waals surface area (Å²) in [5.74, 6) is 0.271. The molecule has 1 amide bonds. The maximum Gasteiger partial charge on any atom is 0.264 e. The van der Waals surface area contributed by atoms with Crippen LogP contribution in [0.5, 0.6) is 5.75 Å². The van der Waals surface area contributed by atoms with E-state index in [0.29, 0.717) is 15.8 Å². The first kappa shape index (κ1) is 19.0. The van der Waals surface area contributed by atoms with Crippen molar-refractivity contribution in [3.63, 3.8) is 0 Å². The van der Waals surface area contributed by atoms with Crippen LogP contribution in [0.15, 0.2) is 70.7 Å². The zero-order chi connectivity index (χ0) is 20.4. The molecule has 0 aliphatic carbocycles. The van der Waals surface area contributed by atoms with Crippen molar-refractivity contribution >= 4 is 34.6 Å². The minimum Gasteiger partial charge on any atom is -0.497 e. The Labute approximate surface area is 171 Å². The number of aromatic nitrogens is 1. The van der Waals surface area contributed by atoms with Crippen LogP contribution in [0.2, 0.25) is 0 Å². The van der Waals surface area contributed by atoms with Gasteiger partial charge in [0.1, 0.15) is 11.6 Å². The van der Waals surface area contributed by atoms with Gasteiger partial charge in [-0.15, -0.1) is 0 Å². The van der Waals surface area contributed by atoms with Gasteiger partial charge in [0.25, 0.3) is 5.91 Å². The maximum atomic E-state index is 13.0. The number of benzene rings is 2. The van der Waals surface area contributed by atoms with Crippen molar-refractivity contribution in [2.75, 3.05) is 7.11 Å². The van der Waals surface area contributed by atoms with Gasteiger partial charge in [-0.3, -0.25) is 4.79 Å². The number of aryl methyl sites for hydroxylation is 1. The van der Waals surface area contributed by atoms with Gasteiger partial charge in [-0.25, -0.2) is 9.38 Å². The number of nitrogens with one attached hydrogen (secondary N) is 1. The lowest BCUT2D eigenvalue weighted by molar-refractivity contribution is -0.115. The lowest BCUT2D eigenvalue weighted by Crippen LogP contribution is -2.19. The third-order valence-corrected chi connectivity index (χ3v) is 5.30. The zero-order valence-electron chi connectivity index (χ0n) is 15.8. The van der Waals surface area contributed by atoms with Crippen LogP contribution in [-0.4, -0.2) is 22.8 Å².